The second-order valence-electron chi connectivity index (χ2n) is 8.03. The van der Waals surface area contributed by atoms with Crippen molar-refractivity contribution in [3.63, 3.8) is 0 Å². The van der Waals surface area contributed by atoms with E-state index in [2.05, 4.69) is 18.7 Å². The number of carbonyl (C=O) groups excluding carboxylic acids is 1. The Hall–Kier alpha value is -2.29. The summed E-state index contributed by atoms with van der Waals surface area (Å²) in [4.78, 5) is 17.2. The van der Waals surface area contributed by atoms with E-state index in [4.69, 9.17) is 51.8 Å². The van der Waals surface area contributed by atoms with E-state index in [9.17, 15) is 9.18 Å². The number of thiocarbonyl (C=S) groups is 1. The quantitative estimate of drug-likeness (QED) is 0.192. The molecular weight excluding hydrogens is 574 g/mol. The van der Waals surface area contributed by atoms with Gasteiger partial charge in [-0.15, -0.1) is 0 Å². The second kappa shape index (κ2) is 12.0. The third-order valence-electron chi connectivity index (χ3n) is 5.77. The van der Waals surface area contributed by atoms with Crippen LogP contribution in [-0.2, 0) is 11.4 Å². The number of amides is 1. The van der Waals surface area contributed by atoms with E-state index >= 15 is 0 Å². The normalized spacial score (nSPS) is 14.5. The molecule has 1 fully saturated rings. The van der Waals surface area contributed by atoms with Crippen LogP contribution < -0.4 is 14.5 Å². The SMILES string of the molecule is CCN(CC)c1ccc(/C=C2/SC(=S)N(c3ccc(F)c(Cl)c3)C2=O)c(OCc2ccc(Cl)cc2Cl)c1. The molecule has 0 spiro atoms. The number of nitrogens with zero attached hydrogens (tertiary/aromatic N) is 2. The van der Waals surface area contributed by atoms with Gasteiger partial charge in [-0.05, 0) is 62.4 Å². The molecule has 0 atom stereocenters. The van der Waals surface area contributed by atoms with Crippen LogP contribution in [0.1, 0.15) is 25.0 Å². The van der Waals surface area contributed by atoms with E-state index < -0.39 is 5.82 Å². The predicted molar refractivity (Wildman–Crippen MR) is 158 cm³/mol. The Kier molecular flexibility index (Phi) is 9.03. The molecule has 4 rings (SSSR count). The molecule has 4 nitrogen and oxygen atoms in total. The van der Waals surface area contributed by atoms with Gasteiger partial charge in [0.1, 0.15) is 18.2 Å². The van der Waals surface area contributed by atoms with E-state index in [-0.39, 0.29) is 17.5 Å². The van der Waals surface area contributed by atoms with Crippen LogP contribution in [0.5, 0.6) is 5.75 Å². The molecule has 1 heterocycles. The summed E-state index contributed by atoms with van der Waals surface area (Å²) in [6.07, 6.45) is 1.75. The summed E-state index contributed by atoms with van der Waals surface area (Å²) in [5, 5.41) is 0.967. The lowest BCUT2D eigenvalue weighted by atomic mass is 10.1. The molecule has 0 N–H and O–H groups in total. The van der Waals surface area contributed by atoms with Crippen molar-refractivity contribution in [2.24, 2.45) is 0 Å². The number of thioether (sulfide) groups is 1. The van der Waals surface area contributed by atoms with Crippen LogP contribution in [0.2, 0.25) is 15.1 Å². The Morgan fingerprint density at radius 1 is 1.03 bits per heavy atom. The first kappa shape index (κ1) is 27.7. The summed E-state index contributed by atoms with van der Waals surface area (Å²) in [6, 6.07) is 15.1. The number of rotatable bonds is 8. The Balaban J connectivity index is 1.68. The molecule has 37 heavy (non-hydrogen) atoms. The topological polar surface area (TPSA) is 32.8 Å². The van der Waals surface area contributed by atoms with Crippen molar-refractivity contribution in [3.05, 3.63) is 91.5 Å². The maximum absolute atomic E-state index is 13.7. The number of halogens is 4. The lowest BCUT2D eigenvalue weighted by molar-refractivity contribution is -0.113. The highest BCUT2D eigenvalue weighted by atomic mass is 35.5. The van der Waals surface area contributed by atoms with Crippen molar-refractivity contribution < 1.29 is 13.9 Å². The minimum atomic E-state index is -0.567. The van der Waals surface area contributed by atoms with Gasteiger partial charge in [0.25, 0.3) is 5.91 Å². The van der Waals surface area contributed by atoms with Crippen LogP contribution >= 0.6 is 58.8 Å². The van der Waals surface area contributed by atoms with Gasteiger partial charge in [0.15, 0.2) is 4.32 Å². The Morgan fingerprint density at radius 3 is 2.46 bits per heavy atom. The molecule has 1 aliphatic rings. The summed E-state index contributed by atoms with van der Waals surface area (Å²) in [5.74, 6) is -0.301. The second-order valence-corrected chi connectivity index (χ2v) is 11.0. The molecule has 10 heteroatoms. The van der Waals surface area contributed by atoms with Gasteiger partial charge in [-0.3, -0.25) is 9.69 Å². The highest BCUT2D eigenvalue weighted by molar-refractivity contribution is 8.27. The van der Waals surface area contributed by atoms with Crippen LogP contribution in [0.4, 0.5) is 15.8 Å². The van der Waals surface area contributed by atoms with Crippen molar-refractivity contribution in [2.45, 2.75) is 20.5 Å². The van der Waals surface area contributed by atoms with Gasteiger partial charge in [-0.1, -0.05) is 64.8 Å². The van der Waals surface area contributed by atoms with Crippen molar-refractivity contribution >= 4 is 86.5 Å². The van der Waals surface area contributed by atoms with Crippen molar-refractivity contribution in [2.75, 3.05) is 22.9 Å². The standard InChI is InChI=1S/C27H22Cl3FN2O2S2/c1-3-32(4-2)19-8-6-16(24(14-19)35-15-17-5-7-18(28)12-21(17)29)11-25-26(34)33(27(36)37-25)20-9-10-23(31)22(30)13-20/h5-14H,3-4,15H2,1-2H3/b25-11+. The number of benzene rings is 3. The van der Waals surface area contributed by atoms with Gasteiger partial charge in [0.2, 0.25) is 0 Å². The minimum absolute atomic E-state index is 0.0842. The molecule has 1 saturated heterocycles. The summed E-state index contributed by atoms with van der Waals surface area (Å²) >= 11 is 24.9. The average Bonchev–Trinajstić information content (AvgIpc) is 3.14. The third-order valence-corrected chi connectivity index (χ3v) is 7.94. The van der Waals surface area contributed by atoms with Crippen LogP contribution in [0.15, 0.2) is 59.5 Å². The number of ether oxygens (including phenoxy) is 1. The molecular formula is C27H22Cl3FN2O2S2. The fraction of sp³-hybridized carbons (Fsp3) is 0.185. The Bertz CT molecular complexity index is 1400. The first-order valence-corrected chi connectivity index (χ1v) is 13.8. The highest BCUT2D eigenvalue weighted by Crippen LogP contribution is 2.39. The predicted octanol–water partition coefficient (Wildman–Crippen LogP) is 8.62. The van der Waals surface area contributed by atoms with E-state index in [0.717, 1.165) is 36.1 Å². The average molecular weight is 596 g/mol. The molecule has 1 amide bonds. The highest BCUT2D eigenvalue weighted by Gasteiger charge is 2.34. The molecule has 0 radical (unpaired) electrons. The fourth-order valence-electron chi connectivity index (χ4n) is 3.80. The zero-order chi connectivity index (χ0) is 26.7. The molecule has 1 aliphatic heterocycles. The van der Waals surface area contributed by atoms with Gasteiger partial charge in [0, 0.05) is 46.0 Å². The maximum Gasteiger partial charge on any atom is 0.270 e. The summed E-state index contributed by atoms with van der Waals surface area (Å²) in [7, 11) is 0. The first-order valence-electron chi connectivity index (χ1n) is 11.4. The monoisotopic (exact) mass is 594 g/mol. The van der Waals surface area contributed by atoms with Crippen LogP contribution in [0.3, 0.4) is 0 Å². The number of carbonyl (C=O) groups is 1. The van der Waals surface area contributed by atoms with Crippen molar-refractivity contribution in [1.82, 2.24) is 0 Å². The summed E-state index contributed by atoms with van der Waals surface area (Å²) in [5.41, 5.74) is 2.89. The zero-order valence-corrected chi connectivity index (χ0v) is 23.8. The maximum atomic E-state index is 13.7. The molecule has 0 aromatic heterocycles. The van der Waals surface area contributed by atoms with E-state index in [1.54, 1.807) is 18.2 Å². The number of hydrogen-bond donors (Lipinski definition) is 0. The van der Waals surface area contributed by atoms with Gasteiger partial charge < -0.3 is 9.64 Å². The zero-order valence-electron chi connectivity index (χ0n) is 19.9. The fourth-order valence-corrected chi connectivity index (χ4v) is 5.73. The molecule has 192 valence electrons. The molecule has 0 unspecified atom stereocenters. The molecule has 3 aromatic rings. The van der Waals surface area contributed by atoms with Crippen molar-refractivity contribution in [3.8, 4) is 5.75 Å². The smallest absolute Gasteiger partial charge is 0.270 e. The van der Waals surface area contributed by atoms with E-state index in [1.165, 1.54) is 23.1 Å². The lowest BCUT2D eigenvalue weighted by Crippen LogP contribution is -2.27. The lowest BCUT2D eigenvalue weighted by Gasteiger charge is -2.22. The molecule has 0 bridgehead atoms. The first-order chi connectivity index (χ1) is 17.7. The molecule has 0 saturated carbocycles. The van der Waals surface area contributed by atoms with Gasteiger partial charge in [0.05, 0.1) is 15.6 Å². The van der Waals surface area contributed by atoms with Crippen LogP contribution in [0, 0.1) is 5.82 Å². The molecule has 0 aliphatic carbocycles. The Morgan fingerprint density at radius 2 is 1.78 bits per heavy atom. The summed E-state index contributed by atoms with van der Waals surface area (Å²) in [6.45, 7) is 6.04. The largest absolute Gasteiger partial charge is 0.488 e. The number of hydrogen-bond acceptors (Lipinski definition) is 5. The van der Waals surface area contributed by atoms with E-state index in [1.807, 2.05) is 24.3 Å². The van der Waals surface area contributed by atoms with Gasteiger partial charge in [-0.2, -0.15) is 0 Å². The summed E-state index contributed by atoms with van der Waals surface area (Å²) < 4.78 is 20.2. The number of anilines is 2. The molecule has 3 aromatic carbocycles. The minimum Gasteiger partial charge on any atom is -0.488 e. The third kappa shape index (κ3) is 6.24. The van der Waals surface area contributed by atoms with Crippen molar-refractivity contribution in [1.29, 1.82) is 0 Å². The van der Waals surface area contributed by atoms with Gasteiger partial charge >= 0.3 is 0 Å². The van der Waals surface area contributed by atoms with Crippen LogP contribution in [-0.4, -0.2) is 23.3 Å². The van der Waals surface area contributed by atoms with Crippen LogP contribution in [0.25, 0.3) is 6.08 Å². The van der Waals surface area contributed by atoms with E-state index in [0.29, 0.717) is 36.3 Å². The van der Waals surface area contributed by atoms with Gasteiger partial charge in [-0.25, -0.2) is 4.39 Å². The Labute approximate surface area is 239 Å².